The van der Waals surface area contributed by atoms with E-state index in [-0.39, 0.29) is 45.9 Å². The third-order valence-corrected chi connectivity index (χ3v) is 8.20. The van der Waals surface area contributed by atoms with Crippen molar-refractivity contribution in [2.24, 2.45) is 0 Å². The van der Waals surface area contributed by atoms with Gasteiger partial charge >= 0.3 is 0 Å². The lowest BCUT2D eigenvalue weighted by Crippen LogP contribution is -2.15. The Morgan fingerprint density at radius 2 is 1.66 bits per heavy atom. The average molecular weight is 585 g/mol. The van der Waals surface area contributed by atoms with Crippen LogP contribution in [0.4, 0.5) is 17.5 Å². The third kappa shape index (κ3) is 6.97. The Morgan fingerprint density at radius 3 is 2.27 bits per heavy atom. The molecule has 2 aromatic carbocycles. The van der Waals surface area contributed by atoms with Crippen molar-refractivity contribution in [3.63, 3.8) is 0 Å². The average Bonchev–Trinajstić information content (AvgIpc) is 2.97. The van der Waals surface area contributed by atoms with Gasteiger partial charge < -0.3 is 11.1 Å². The highest BCUT2D eigenvalue weighted by Crippen LogP contribution is 2.36. The van der Waals surface area contributed by atoms with E-state index in [4.69, 9.17) is 5.73 Å². The van der Waals surface area contributed by atoms with Crippen LogP contribution in [0.25, 0.3) is 11.1 Å². The molecule has 2 aromatic heterocycles. The van der Waals surface area contributed by atoms with Crippen LogP contribution in [0.15, 0.2) is 76.9 Å². The lowest BCUT2D eigenvalue weighted by Gasteiger charge is -2.13. The standard InChI is InChI=1S/C28H24N8O3S2/c1-2-18-4-6-19(7-5-18)25-22(16-29)26(31)35-27(23(25)17-30)40-15-12-24(37)34-20-8-10-21(11-9-20)41(38,39)36-28-32-13-3-14-33-28/h3-11,13-14H,2,12,15H2,1H3,(H2,31,35)(H,34,37)(H,32,33,36). The molecular weight excluding hydrogens is 560 g/mol. The number of rotatable bonds is 10. The van der Waals surface area contributed by atoms with Crippen LogP contribution in [-0.2, 0) is 21.2 Å². The molecule has 13 heteroatoms. The molecule has 11 nitrogen and oxygen atoms in total. The third-order valence-electron chi connectivity index (χ3n) is 5.87. The fourth-order valence-corrected chi connectivity index (χ4v) is 5.70. The van der Waals surface area contributed by atoms with E-state index in [0.29, 0.717) is 21.8 Å². The molecule has 0 bridgehead atoms. The van der Waals surface area contributed by atoms with Crippen LogP contribution >= 0.6 is 11.8 Å². The number of anilines is 3. The van der Waals surface area contributed by atoms with Gasteiger partial charge in [-0.1, -0.05) is 31.2 Å². The van der Waals surface area contributed by atoms with Gasteiger partial charge in [-0.2, -0.15) is 10.5 Å². The zero-order valence-electron chi connectivity index (χ0n) is 21.8. The predicted octanol–water partition coefficient (Wildman–Crippen LogP) is 4.35. The summed E-state index contributed by atoms with van der Waals surface area (Å²) in [5, 5.41) is 22.7. The molecule has 4 rings (SSSR count). The van der Waals surface area contributed by atoms with Crippen LogP contribution in [0.1, 0.15) is 30.0 Å². The second kappa shape index (κ2) is 12.9. The normalized spacial score (nSPS) is 10.8. The van der Waals surface area contributed by atoms with E-state index in [1.807, 2.05) is 31.2 Å². The number of nitrogens with one attached hydrogen (secondary N) is 2. The molecule has 2 heterocycles. The van der Waals surface area contributed by atoms with Gasteiger partial charge in [0.05, 0.1) is 10.5 Å². The predicted molar refractivity (Wildman–Crippen MR) is 156 cm³/mol. The van der Waals surface area contributed by atoms with Gasteiger partial charge in [0.25, 0.3) is 10.0 Å². The van der Waals surface area contributed by atoms with Gasteiger partial charge in [0, 0.05) is 35.8 Å². The summed E-state index contributed by atoms with van der Waals surface area (Å²) < 4.78 is 27.4. The van der Waals surface area contributed by atoms with Crippen molar-refractivity contribution in [2.45, 2.75) is 29.7 Å². The number of hydrogen-bond acceptors (Lipinski definition) is 10. The van der Waals surface area contributed by atoms with Crippen molar-refractivity contribution in [1.29, 1.82) is 10.5 Å². The minimum Gasteiger partial charge on any atom is -0.383 e. The van der Waals surface area contributed by atoms with Crippen LogP contribution < -0.4 is 15.8 Å². The van der Waals surface area contributed by atoms with Crippen molar-refractivity contribution in [3.05, 3.63) is 83.7 Å². The second-order valence-electron chi connectivity index (χ2n) is 8.55. The summed E-state index contributed by atoms with van der Waals surface area (Å²) in [6.07, 6.45) is 3.76. The summed E-state index contributed by atoms with van der Waals surface area (Å²) in [6, 6.07) is 19.0. The molecule has 0 aliphatic rings. The van der Waals surface area contributed by atoms with E-state index in [1.165, 1.54) is 48.4 Å². The number of aromatic nitrogens is 3. The number of nitriles is 2. The molecule has 1 amide bonds. The number of amides is 1. The molecule has 0 atom stereocenters. The summed E-state index contributed by atoms with van der Waals surface area (Å²) in [5.41, 5.74) is 9.05. The maximum absolute atomic E-state index is 12.6. The molecule has 4 N–H and O–H groups in total. The Morgan fingerprint density at radius 1 is 1.00 bits per heavy atom. The lowest BCUT2D eigenvalue weighted by molar-refractivity contribution is -0.115. The first-order valence-electron chi connectivity index (χ1n) is 12.3. The number of pyridine rings is 1. The number of hydrogen-bond donors (Lipinski definition) is 3. The largest absolute Gasteiger partial charge is 0.383 e. The fraction of sp³-hybridized carbons (Fsp3) is 0.143. The van der Waals surface area contributed by atoms with E-state index in [0.717, 1.165) is 12.0 Å². The molecule has 0 spiro atoms. The molecule has 0 fully saturated rings. The Hall–Kier alpha value is -4.98. The van der Waals surface area contributed by atoms with Gasteiger partial charge in [0.15, 0.2) is 0 Å². The van der Waals surface area contributed by atoms with E-state index in [2.05, 4.69) is 37.1 Å². The van der Waals surface area contributed by atoms with E-state index in [1.54, 1.807) is 6.07 Å². The Bertz CT molecular complexity index is 1750. The number of sulfonamides is 1. The smallest absolute Gasteiger partial charge is 0.264 e. The molecule has 41 heavy (non-hydrogen) atoms. The van der Waals surface area contributed by atoms with E-state index in [9.17, 15) is 23.7 Å². The molecule has 0 aliphatic heterocycles. The van der Waals surface area contributed by atoms with Gasteiger partial charge in [-0.25, -0.2) is 28.1 Å². The quantitative estimate of drug-likeness (QED) is 0.226. The number of nitrogens with zero attached hydrogens (tertiary/aromatic N) is 5. The Kier molecular flexibility index (Phi) is 9.14. The zero-order valence-corrected chi connectivity index (χ0v) is 23.5. The van der Waals surface area contributed by atoms with Crippen molar-refractivity contribution < 1.29 is 13.2 Å². The fourth-order valence-electron chi connectivity index (χ4n) is 3.81. The number of benzene rings is 2. The second-order valence-corrected chi connectivity index (χ2v) is 11.3. The highest BCUT2D eigenvalue weighted by Gasteiger charge is 2.21. The highest BCUT2D eigenvalue weighted by molar-refractivity contribution is 7.99. The van der Waals surface area contributed by atoms with Crippen LogP contribution in [0, 0.1) is 22.7 Å². The zero-order chi connectivity index (χ0) is 29.4. The number of aryl methyl sites for hydroxylation is 1. The molecular formula is C28H24N8O3S2. The van der Waals surface area contributed by atoms with Crippen molar-refractivity contribution in [3.8, 4) is 23.3 Å². The Labute approximate surface area is 241 Å². The minimum atomic E-state index is -3.90. The first-order chi connectivity index (χ1) is 19.7. The van der Waals surface area contributed by atoms with Crippen molar-refractivity contribution >= 4 is 45.1 Å². The van der Waals surface area contributed by atoms with Gasteiger partial charge in [-0.15, -0.1) is 11.8 Å². The van der Waals surface area contributed by atoms with E-state index >= 15 is 0 Å². The SMILES string of the molecule is CCc1ccc(-c2c(C#N)c(N)nc(SCCC(=O)Nc3ccc(S(=O)(=O)Nc4ncccn4)cc3)c2C#N)cc1. The minimum absolute atomic E-state index is 0.0105. The number of nitrogen functional groups attached to an aromatic ring is 1. The molecule has 0 saturated heterocycles. The molecule has 0 saturated carbocycles. The Balaban J connectivity index is 1.42. The summed E-state index contributed by atoms with van der Waals surface area (Å²) in [4.78, 5) is 24.5. The van der Waals surface area contributed by atoms with Gasteiger partial charge in [0.1, 0.15) is 28.5 Å². The number of carbonyl (C=O) groups is 1. The van der Waals surface area contributed by atoms with Crippen LogP contribution in [0.3, 0.4) is 0 Å². The summed E-state index contributed by atoms with van der Waals surface area (Å²) in [6.45, 7) is 2.03. The summed E-state index contributed by atoms with van der Waals surface area (Å²) in [5.74, 6) is -0.0849. The van der Waals surface area contributed by atoms with E-state index < -0.39 is 10.0 Å². The van der Waals surface area contributed by atoms with Crippen LogP contribution in [0.2, 0.25) is 0 Å². The number of thioether (sulfide) groups is 1. The van der Waals surface area contributed by atoms with Crippen molar-refractivity contribution in [2.75, 3.05) is 21.5 Å². The lowest BCUT2D eigenvalue weighted by atomic mass is 9.96. The number of carbonyl (C=O) groups excluding carboxylic acids is 1. The first-order valence-corrected chi connectivity index (χ1v) is 14.8. The maximum atomic E-state index is 12.6. The highest BCUT2D eigenvalue weighted by atomic mass is 32.2. The molecule has 0 radical (unpaired) electrons. The topological polar surface area (TPSA) is 188 Å². The van der Waals surface area contributed by atoms with Gasteiger partial charge in [-0.05, 0) is 47.9 Å². The van der Waals surface area contributed by atoms with Gasteiger partial charge in [-0.3, -0.25) is 4.79 Å². The van der Waals surface area contributed by atoms with Crippen LogP contribution in [-0.4, -0.2) is 35.0 Å². The van der Waals surface area contributed by atoms with Crippen molar-refractivity contribution in [1.82, 2.24) is 15.0 Å². The number of nitrogens with two attached hydrogens (primary N) is 1. The molecule has 0 aliphatic carbocycles. The summed E-state index contributed by atoms with van der Waals surface area (Å²) >= 11 is 1.18. The maximum Gasteiger partial charge on any atom is 0.264 e. The molecule has 206 valence electrons. The monoisotopic (exact) mass is 584 g/mol. The molecule has 4 aromatic rings. The van der Waals surface area contributed by atoms with Gasteiger partial charge in [0.2, 0.25) is 11.9 Å². The summed E-state index contributed by atoms with van der Waals surface area (Å²) in [7, 11) is -3.90. The first kappa shape index (κ1) is 29.0. The molecule has 0 unspecified atom stereocenters. The van der Waals surface area contributed by atoms with Crippen LogP contribution in [0.5, 0.6) is 0 Å².